The van der Waals surface area contributed by atoms with E-state index in [1.807, 2.05) is 13.8 Å². The number of Topliss-reactive ketones (excluding diaryl/α,β-unsaturated/α-hetero) is 1. The minimum atomic E-state index is -0.368. The lowest BCUT2D eigenvalue weighted by Gasteiger charge is -2.32. The smallest absolute Gasteiger partial charge is 0.139 e. The van der Waals surface area contributed by atoms with Crippen molar-refractivity contribution in [2.75, 3.05) is 0 Å². The lowest BCUT2D eigenvalue weighted by molar-refractivity contribution is -0.126. The molecule has 4 atom stereocenters. The predicted octanol–water partition coefficient (Wildman–Crippen LogP) is 4.60. The van der Waals surface area contributed by atoms with Gasteiger partial charge in [0.15, 0.2) is 0 Å². The molecule has 0 amide bonds. The van der Waals surface area contributed by atoms with Crippen LogP contribution in [0.5, 0.6) is 0 Å². The highest BCUT2D eigenvalue weighted by Crippen LogP contribution is 2.51. The van der Waals surface area contributed by atoms with Crippen LogP contribution < -0.4 is 0 Å². The number of aliphatic hydroxyl groups excluding tert-OH is 1. The van der Waals surface area contributed by atoms with E-state index in [1.165, 1.54) is 5.57 Å². The Bertz CT molecular complexity index is 526. The maximum atomic E-state index is 12.7. The van der Waals surface area contributed by atoms with Crippen molar-refractivity contribution in [3.8, 4) is 0 Å². The number of fused-ring (bicyclic) bond motifs is 1. The lowest BCUT2D eigenvalue weighted by Crippen LogP contribution is -2.30. The molecule has 0 unspecified atom stereocenters. The van der Waals surface area contributed by atoms with E-state index in [0.717, 1.165) is 36.8 Å². The Balaban J connectivity index is 2.41. The van der Waals surface area contributed by atoms with Crippen molar-refractivity contribution >= 4 is 5.78 Å². The number of carbonyl (C=O) groups is 1. The summed E-state index contributed by atoms with van der Waals surface area (Å²) in [6.45, 7) is 12.4. The molecule has 0 heterocycles. The first kappa shape index (κ1) is 17.2. The van der Waals surface area contributed by atoms with E-state index < -0.39 is 0 Å². The SMILES string of the molecule is C=C(C)[C@H]1CC(=O)[C@]2(C)C/C=C(\C)CC[C@H](O)/C(C)=C/C[C@@H]12. The quantitative estimate of drug-likeness (QED) is 0.719. The molecule has 0 radical (unpaired) electrons. The summed E-state index contributed by atoms with van der Waals surface area (Å²) in [5.41, 5.74) is 3.14. The molecule has 1 fully saturated rings. The van der Waals surface area contributed by atoms with Gasteiger partial charge in [-0.25, -0.2) is 0 Å². The molecule has 0 aromatic carbocycles. The Morgan fingerprint density at radius 2 is 2.05 bits per heavy atom. The van der Waals surface area contributed by atoms with Crippen LogP contribution in [0.3, 0.4) is 0 Å². The van der Waals surface area contributed by atoms with Crippen molar-refractivity contribution in [2.24, 2.45) is 17.3 Å². The highest BCUT2D eigenvalue weighted by atomic mass is 16.3. The van der Waals surface area contributed by atoms with Gasteiger partial charge in [-0.05, 0) is 63.9 Å². The van der Waals surface area contributed by atoms with Crippen LogP contribution in [0, 0.1) is 17.3 Å². The third-order valence-electron chi connectivity index (χ3n) is 5.89. The predicted molar refractivity (Wildman–Crippen MR) is 91.5 cm³/mol. The summed E-state index contributed by atoms with van der Waals surface area (Å²) in [6.07, 6.45) is 7.97. The van der Waals surface area contributed by atoms with Crippen molar-refractivity contribution < 1.29 is 9.90 Å². The third kappa shape index (κ3) is 3.27. The number of rotatable bonds is 1. The average molecular weight is 302 g/mol. The fourth-order valence-corrected chi connectivity index (χ4v) is 3.96. The number of allylic oxidation sites excluding steroid dienone is 4. The van der Waals surface area contributed by atoms with Crippen LogP contribution in [0.1, 0.15) is 59.8 Å². The summed E-state index contributed by atoms with van der Waals surface area (Å²) >= 11 is 0. The van der Waals surface area contributed by atoms with Gasteiger partial charge < -0.3 is 5.11 Å². The van der Waals surface area contributed by atoms with Gasteiger partial charge in [-0.1, -0.05) is 36.8 Å². The van der Waals surface area contributed by atoms with Gasteiger partial charge in [0.1, 0.15) is 5.78 Å². The number of aliphatic hydroxyl groups is 1. The van der Waals surface area contributed by atoms with Crippen LogP contribution in [0.15, 0.2) is 35.5 Å². The molecule has 22 heavy (non-hydrogen) atoms. The molecule has 0 aromatic heterocycles. The first-order valence-corrected chi connectivity index (χ1v) is 8.44. The van der Waals surface area contributed by atoms with Crippen LogP contribution in [-0.2, 0) is 4.79 Å². The summed E-state index contributed by atoms with van der Waals surface area (Å²) in [4.78, 5) is 12.7. The second kappa shape index (κ2) is 6.54. The maximum Gasteiger partial charge on any atom is 0.139 e. The molecular weight excluding hydrogens is 272 g/mol. The summed E-state index contributed by atoms with van der Waals surface area (Å²) in [5, 5.41) is 10.3. The zero-order valence-corrected chi connectivity index (χ0v) is 14.5. The van der Waals surface area contributed by atoms with Crippen LogP contribution in [0.25, 0.3) is 0 Å². The van der Waals surface area contributed by atoms with Crippen molar-refractivity contribution in [3.05, 3.63) is 35.5 Å². The third-order valence-corrected chi connectivity index (χ3v) is 5.89. The molecule has 2 nitrogen and oxygen atoms in total. The second-order valence-electron chi connectivity index (χ2n) is 7.60. The second-order valence-corrected chi connectivity index (χ2v) is 7.60. The van der Waals surface area contributed by atoms with Gasteiger partial charge in [0.25, 0.3) is 0 Å². The summed E-state index contributed by atoms with van der Waals surface area (Å²) in [5.74, 6) is 0.940. The highest BCUT2D eigenvalue weighted by Gasteiger charge is 2.50. The molecular formula is C20H30O2. The molecule has 0 aromatic rings. The number of carbonyl (C=O) groups excluding carboxylic acids is 1. The molecule has 2 aliphatic rings. The van der Waals surface area contributed by atoms with E-state index in [9.17, 15) is 9.90 Å². The monoisotopic (exact) mass is 302 g/mol. The Morgan fingerprint density at radius 3 is 2.68 bits per heavy atom. The van der Waals surface area contributed by atoms with Crippen LogP contribution in [-0.4, -0.2) is 17.0 Å². The molecule has 0 bridgehead atoms. The minimum Gasteiger partial charge on any atom is -0.389 e. The van der Waals surface area contributed by atoms with Crippen molar-refractivity contribution in [3.63, 3.8) is 0 Å². The highest BCUT2D eigenvalue weighted by molar-refractivity contribution is 5.88. The zero-order valence-electron chi connectivity index (χ0n) is 14.5. The number of hydrogen-bond acceptors (Lipinski definition) is 2. The molecule has 0 aliphatic heterocycles. The molecule has 2 rings (SSSR count). The van der Waals surface area contributed by atoms with E-state index in [2.05, 4.69) is 32.6 Å². The fraction of sp³-hybridized carbons (Fsp3) is 0.650. The molecule has 122 valence electrons. The normalized spacial score (nSPS) is 41.7. The van der Waals surface area contributed by atoms with E-state index in [0.29, 0.717) is 18.1 Å². The van der Waals surface area contributed by atoms with Crippen LogP contribution in [0.4, 0.5) is 0 Å². The van der Waals surface area contributed by atoms with Gasteiger partial charge in [-0.15, -0.1) is 0 Å². The van der Waals surface area contributed by atoms with E-state index in [1.54, 1.807) is 0 Å². The van der Waals surface area contributed by atoms with E-state index in [4.69, 9.17) is 0 Å². The zero-order chi connectivity index (χ0) is 16.5. The molecule has 1 N–H and O–H groups in total. The van der Waals surface area contributed by atoms with Gasteiger partial charge in [0.2, 0.25) is 0 Å². The minimum absolute atomic E-state index is 0.271. The Hall–Kier alpha value is -1.15. The van der Waals surface area contributed by atoms with Crippen LogP contribution >= 0.6 is 0 Å². The molecule has 2 heteroatoms. The fourth-order valence-electron chi connectivity index (χ4n) is 3.96. The van der Waals surface area contributed by atoms with Gasteiger partial charge in [0, 0.05) is 11.8 Å². The largest absolute Gasteiger partial charge is 0.389 e. The Labute approximate surface area is 135 Å². The molecule has 0 spiro atoms. The molecule has 0 saturated heterocycles. The van der Waals surface area contributed by atoms with Crippen molar-refractivity contribution in [1.29, 1.82) is 0 Å². The standard InChI is InChI=1S/C20H30O2/c1-13(2)16-12-19(22)20(5)11-10-14(3)6-9-18(21)15(4)7-8-17(16)20/h7,10,16-18,21H,1,6,8-9,11-12H2,2-5H3/b14-10+,15-7+/t16-,17+,18+,20-/m1/s1. The summed E-state index contributed by atoms with van der Waals surface area (Å²) in [6, 6.07) is 0. The van der Waals surface area contributed by atoms with Gasteiger partial charge in [-0.3, -0.25) is 4.79 Å². The van der Waals surface area contributed by atoms with Crippen molar-refractivity contribution in [2.45, 2.75) is 65.9 Å². The van der Waals surface area contributed by atoms with E-state index in [-0.39, 0.29) is 17.4 Å². The molecule has 2 aliphatic carbocycles. The first-order valence-electron chi connectivity index (χ1n) is 8.44. The van der Waals surface area contributed by atoms with Crippen LogP contribution in [0.2, 0.25) is 0 Å². The summed E-state index contributed by atoms with van der Waals surface area (Å²) in [7, 11) is 0. The average Bonchev–Trinajstić information content (AvgIpc) is 2.71. The van der Waals surface area contributed by atoms with E-state index >= 15 is 0 Å². The molecule has 1 saturated carbocycles. The number of hydrogen-bond donors (Lipinski definition) is 1. The summed E-state index contributed by atoms with van der Waals surface area (Å²) < 4.78 is 0. The Kier molecular flexibility index (Phi) is 5.11. The van der Waals surface area contributed by atoms with Crippen molar-refractivity contribution in [1.82, 2.24) is 0 Å². The van der Waals surface area contributed by atoms with Gasteiger partial charge in [-0.2, -0.15) is 0 Å². The lowest BCUT2D eigenvalue weighted by atomic mass is 9.71. The Morgan fingerprint density at radius 1 is 1.36 bits per heavy atom. The topological polar surface area (TPSA) is 37.3 Å². The maximum absolute atomic E-state index is 12.7. The van der Waals surface area contributed by atoms with Gasteiger partial charge in [0.05, 0.1) is 6.10 Å². The first-order chi connectivity index (χ1) is 10.3. The number of ketones is 1. The van der Waals surface area contributed by atoms with Gasteiger partial charge >= 0.3 is 0 Å².